The van der Waals surface area contributed by atoms with Crippen LogP contribution in [0.25, 0.3) is 0 Å². The smallest absolute Gasteiger partial charge is 0.0659 e. The first-order valence-electron chi connectivity index (χ1n) is 5.74. The molecule has 0 saturated heterocycles. The molecule has 1 aromatic carbocycles. The number of benzene rings is 1. The van der Waals surface area contributed by atoms with Crippen molar-refractivity contribution in [2.75, 3.05) is 6.54 Å². The molecule has 0 radical (unpaired) electrons. The largest absolute Gasteiger partial charge is 0.330 e. The van der Waals surface area contributed by atoms with E-state index in [9.17, 15) is 0 Å². The van der Waals surface area contributed by atoms with Gasteiger partial charge in [0.25, 0.3) is 0 Å². The van der Waals surface area contributed by atoms with Crippen LogP contribution in [0.3, 0.4) is 0 Å². The molecule has 1 heterocycles. The van der Waals surface area contributed by atoms with Crippen molar-refractivity contribution in [1.29, 1.82) is 0 Å². The topological polar surface area (TPSA) is 43.8 Å². The molecule has 0 bridgehead atoms. The third-order valence-electron chi connectivity index (χ3n) is 2.59. The van der Waals surface area contributed by atoms with Crippen molar-refractivity contribution in [2.24, 2.45) is 5.73 Å². The van der Waals surface area contributed by atoms with E-state index in [0.29, 0.717) is 0 Å². The number of halogens is 1. The molecule has 0 aliphatic heterocycles. The Morgan fingerprint density at radius 3 is 2.94 bits per heavy atom. The zero-order chi connectivity index (χ0) is 12.1. The Labute approximate surface area is 110 Å². The van der Waals surface area contributed by atoms with Gasteiger partial charge in [-0.3, -0.25) is 4.68 Å². The van der Waals surface area contributed by atoms with Gasteiger partial charge in [0.1, 0.15) is 0 Å². The van der Waals surface area contributed by atoms with Crippen molar-refractivity contribution in [2.45, 2.75) is 19.4 Å². The standard InChI is InChI=1S/C13H16BrN3/c14-13-5-1-3-11(7-13)9-17-10-12(8-16-17)4-2-6-15/h1,3,5,7-8,10H,2,4,6,9,15H2. The molecule has 0 saturated carbocycles. The molecule has 17 heavy (non-hydrogen) atoms. The highest BCUT2D eigenvalue weighted by molar-refractivity contribution is 9.10. The van der Waals surface area contributed by atoms with E-state index >= 15 is 0 Å². The molecular formula is C13H16BrN3. The lowest BCUT2D eigenvalue weighted by atomic mass is 10.2. The van der Waals surface area contributed by atoms with E-state index in [1.807, 2.05) is 23.0 Å². The van der Waals surface area contributed by atoms with Gasteiger partial charge in [-0.1, -0.05) is 28.1 Å². The summed E-state index contributed by atoms with van der Waals surface area (Å²) in [6.45, 7) is 1.54. The predicted octanol–water partition coefficient (Wildman–Crippen LogP) is 2.59. The Kier molecular flexibility index (Phi) is 4.34. The van der Waals surface area contributed by atoms with Gasteiger partial charge in [-0.2, -0.15) is 5.10 Å². The number of nitrogens with two attached hydrogens (primary N) is 1. The van der Waals surface area contributed by atoms with Gasteiger partial charge in [-0.25, -0.2) is 0 Å². The van der Waals surface area contributed by atoms with Gasteiger partial charge in [0.2, 0.25) is 0 Å². The molecule has 0 aliphatic carbocycles. The number of nitrogens with zero attached hydrogens (tertiary/aromatic N) is 2. The number of aryl methyl sites for hydroxylation is 1. The van der Waals surface area contributed by atoms with E-state index in [2.05, 4.69) is 39.4 Å². The van der Waals surface area contributed by atoms with Crippen LogP contribution in [0, 0.1) is 0 Å². The van der Waals surface area contributed by atoms with E-state index in [4.69, 9.17) is 5.73 Å². The maximum atomic E-state index is 5.49. The molecule has 2 rings (SSSR count). The van der Waals surface area contributed by atoms with E-state index in [1.165, 1.54) is 11.1 Å². The van der Waals surface area contributed by atoms with Gasteiger partial charge in [-0.05, 0) is 42.6 Å². The zero-order valence-corrected chi connectivity index (χ0v) is 11.2. The summed E-state index contributed by atoms with van der Waals surface area (Å²) in [6.07, 6.45) is 6.04. The summed E-state index contributed by atoms with van der Waals surface area (Å²) >= 11 is 3.47. The number of hydrogen-bond acceptors (Lipinski definition) is 2. The summed E-state index contributed by atoms with van der Waals surface area (Å²) in [6, 6.07) is 8.28. The fraction of sp³-hybridized carbons (Fsp3) is 0.308. The van der Waals surface area contributed by atoms with Crippen LogP contribution in [-0.2, 0) is 13.0 Å². The van der Waals surface area contributed by atoms with Crippen LogP contribution in [0.15, 0.2) is 41.1 Å². The normalized spacial score (nSPS) is 10.7. The highest BCUT2D eigenvalue weighted by Crippen LogP contribution is 2.13. The van der Waals surface area contributed by atoms with Crippen LogP contribution in [0.1, 0.15) is 17.5 Å². The van der Waals surface area contributed by atoms with Crippen molar-refractivity contribution < 1.29 is 0 Å². The fourth-order valence-corrected chi connectivity index (χ4v) is 2.20. The van der Waals surface area contributed by atoms with E-state index in [0.717, 1.165) is 30.4 Å². The molecule has 0 aliphatic rings. The first-order valence-corrected chi connectivity index (χ1v) is 6.53. The van der Waals surface area contributed by atoms with Gasteiger partial charge >= 0.3 is 0 Å². The highest BCUT2D eigenvalue weighted by atomic mass is 79.9. The van der Waals surface area contributed by atoms with Crippen molar-refractivity contribution in [3.8, 4) is 0 Å². The lowest BCUT2D eigenvalue weighted by Gasteiger charge is -2.02. The lowest BCUT2D eigenvalue weighted by molar-refractivity contribution is 0.685. The second-order valence-corrected chi connectivity index (χ2v) is 4.98. The monoisotopic (exact) mass is 293 g/mol. The van der Waals surface area contributed by atoms with Crippen LogP contribution >= 0.6 is 15.9 Å². The lowest BCUT2D eigenvalue weighted by Crippen LogP contribution is -2.01. The minimum Gasteiger partial charge on any atom is -0.330 e. The molecule has 3 nitrogen and oxygen atoms in total. The van der Waals surface area contributed by atoms with Gasteiger partial charge in [0.05, 0.1) is 12.7 Å². The second kappa shape index (κ2) is 5.98. The van der Waals surface area contributed by atoms with E-state index in [-0.39, 0.29) is 0 Å². The van der Waals surface area contributed by atoms with Gasteiger partial charge < -0.3 is 5.73 Å². The summed E-state index contributed by atoms with van der Waals surface area (Å²) in [4.78, 5) is 0. The van der Waals surface area contributed by atoms with Crippen LogP contribution in [0.4, 0.5) is 0 Å². The summed E-state index contributed by atoms with van der Waals surface area (Å²) in [5.41, 5.74) is 7.99. The maximum absolute atomic E-state index is 5.49. The summed E-state index contributed by atoms with van der Waals surface area (Å²) in [5.74, 6) is 0. The van der Waals surface area contributed by atoms with Crippen LogP contribution in [0.2, 0.25) is 0 Å². The first kappa shape index (κ1) is 12.3. The van der Waals surface area contributed by atoms with Gasteiger partial charge in [0.15, 0.2) is 0 Å². The fourth-order valence-electron chi connectivity index (χ4n) is 1.75. The Hall–Kier alpha value is -1.13. The first-order chi connectivity index (χ1) is 8.28. The van der Waals surface area contributed by atoms with Crippen LogP contribution < -0.4 is 5.73 Å². The van der Waals surface area contributed by atoms with Crippen LogP contribution in [-0.4, -0.2) is 16.3 Å². The Morgan fingerprint density at radius 1 is 1.29 bits per heavy atom. The van der Waals surface area contributed by atoms with Crippen molar-refractivity contribution in [3.05, 3.63) is 52.3 Å². The van der Waals surface area contributed by atoms with E-state index in [1.54, 1.807) is 0 Å². The third-order valence-corrected chi connectivity index (χ3v) is 3.08. The minimum absolute atomic E-state index is 0.733. The van der Waals surface area contributed by atoms with Crippen molar-refractivity contribution in [3.63, 3.8) is 0 Å². The molecule has 0 fully saturated rings. The molecule has 0 amide bonds. The highest BCUT2D eigenvalue weighted by Gasteiger charge is 2.00. The van der Waals surface area contributed by atoms with Gasteiger partial charge in [0, 0.05) is 10.7 Å². The van der Waals surface area contributed by atoms with Gasteiger partial charge in [-0.15, -0.1) is 0 Å². The maximum Gasteiger partial charge on any atom is 0.0659 e. The molecule has 90 valence electrons. The average molecular weight is 294 g/mol. The minimum atomic E-state index is 0.733. The SMILES string of the molecule is NCCCc1cnn(Cc2cccc(Br)c2)c1. The molecule has 0 atom stereocenters. The molecule has 4 heteroatoms. The number of rotatable bonds is 5. The Balaban J connectivity index is 2.01. The molecule has 0 spiro atoms. The second-order valence-electron chi connectivity index (χ2n) is 4.07. The number of aromatic nitrogens is 2. The number of hydrogen-bond donors (Lipinski definition) is 1. The average Bonchev–Trinajstić information content (AvgIpc) is 2.74. The van der Waals surface area contributed by atoms with Crippen molar-refractivity contribution in [1.82, 2.24) is 9.78 Å². The molecule has 2 aromatic rings. The summed E-state index contributed by atoms with van der Waals surface area (Å²) < 4.78 is 3.07. The summed E-state index contributed by atoms with van der Waals surface area (Å²) in [5, 5.41) is 4.35. The van der Waals surface area contributed by atoms with Crippen molar-refractivity contribution >= 4 is 15.9 Å². The van der Waals surface area contributed by atoms with Crippen LogP contribution in [0.5, 0.6) is 0 Å². The predicted molar refractivity (Wildman–Crippen MR) is 72.8 cm³/mol. The zero-order valence-electron chi connectivity index (χ0n) is 9.64. The molecule has 2 N–H and O–H groups in total. The Bertz CT molecular complexity index is 479. The Morgan fingerprint density at radius 2 is 2.18 bits per heavy atom. The molecular weight excluding hydrogens is 278 g/mol. The quantitative estimate of drug-likeness (QED) is 0.921. The molecule has 1 aromatic heterocycles. The summed E-state index contributed by atoms with van der Waals surface area (Å²) in [7, 11) is 0. The van der Waals surface area contributed by atoms with E-state index < -0.39 is 0 Å². The third kappa shape index (κ3) is 3.68. The molecule has 0 unspecified atom stereocenters.